The van der Waals surface area contributed by atoms with Crippen LogP contribution in [0.3, 0.4) is 0 Å². The van der Waals surface area contributed by atoms with Gasteiger partial charge in [0, 0.05) is 18.6 Å². The van der Waals surface area contributed by atoms with Gasteiger partial charge in [-0.2, -0.15) is 9.59 Å². The minimum atomic E-state index is -1.20. The van der Waals surface area contributed by atoms with Crippen molar-refractivity contribution in [2.75, 3.05) is 13.2 Å². The van der Waals surface area contributed by atoms with E-state index in [0.717, 1.165) is 25.7 Å². The SMILES string of the molecule is CC(C)CC(CO)NCC(N)CCCCB(O)O.O=C=O. The van der Waals surface area contributed by atoms with Crippen molar-refractivity contribution in [3.05, 3.63) is 0 Å². The topological polar surface area (TPSA) is 133 Å². The quantitative estimate of drug-likeness (QED) is 0.253. The number of hydrogen-bond acceptors (Lipinski definition) is 7. The number of rotatable bonds is 11. The number of nitrogens with two attached hydrogens (primary N) is 1. The van der Waals surface area contributed by atoms with E-state index in [1.165, 1.54) is 0 Å². The summed E-state index contributed by atoms with van der Waals surface area (Å²) in [6.45, 7) is 5.09. The number of aliphatic hydroxyl groups excluding tert-OH is 1. The average Bonchev–Trinajstić information content (AvgIpc) is 2.39. The van der Waals surface area contributed by atoms with Gasteiger partial charge in [-0.05, 0) is 25.1 Å². The molecule has 0 bridgehead atoms. The molecule has 0 spiro atoms. The second-order valence-corrected chi connectivity index (χ2v) is 5.53. The largest absolute Gasteiger partial charge is 0.451 e. The van der Waals surface area contributed by atoms with Crippen LogP contribution in [-0.2, 0) is 9.59 Å². The summed E-state index contributed by atoms with van der Waals surface area (Å²) in [5, 5.41) is 29.9. The molecule has 6 N–H and O–H groups in total. The lowest BCUT2D eigenvalue weighted by Crippen LogP contribution is -2.41. The van der Waals surface area contributed by atoms with Crippen molar-refractivity contribution >= 4 is 13.3 Å². The van der Waals surface area contributed by atoms with Gasteiger partial charge in [0.25, 0.3) is 0 Å². The molecule has 0 aliphatic rings. The van der Waals surface area contributed by atoms with Crippen LogP contribution in [0, 0.1) is 5.92 Å². The standard InChI is InChI=1S/C12H29BN2O3.CO2/c1-10(2)7-12(9-16)15-8-11(14)5-3-4-6-13(17)18;2-1-3/h10-12,15-18H,3-9,14H2,1-2H3;. The molecule has 0 saturated carbocycles. The van der Waals surface area contributed by atoms with Crippen LogP contribution in [0.4, 0.5) is 0 Å². The third kappa shape index (κ3) is 19.2. The molecule has 0 aliphatic heterocycles. The summed E-state index contributed by atoms with van der Waals surface area (Å²) < 4.78 is 0. The van der Waals surface area contributed by atoms with Crippen LogP contribution in [0.25, 0.3) is 0 Å². The summed E-state index contributed by atoms with van der Waals surface area (Å²) in [5.74, 6) is 0.553. The number of nitrogens with one attached hydrogen (secondary N) is 1. The van der Waals surface area contributed by atoms with Crippen molar-refractivity contribution in [1.29, 1.82) is 0 Å². The summed E-state index contributed by atoms with van der Waals surface area (Å²) >= 11 is 0. The fourth-order valence-corrected chi connectivity index (χ4v) is 1.94. The number of carbonyl (C=O) groups excluding carboxylic acids is 2. The number of hydrogen-bond donors (Lipinski definition) is 5. The van der Waals surface area contributed by atoms with E-state index in [4.69, 9.17) is 25.4 Å². The second-order valence-electron chi connectivity index (χ2n) is 5.53. The molecular formula is C13H29BN2O5. The molecule has 0 aromatic heterocycles. The van der Waals surface area contributed by atoms with Crippen molar-refractivity contribution < 1.29 is 24.7 Å². The molecular weight excluding hydrogens is 275 g/mol. The Labute approximate surface area is 127 Å². The fraction of sp³-hybridized carbons (Fsp3) is 0.923. The number of aliphatic hydroxyl groups is 1. The van der Waals surface area contributed by atoms with Gasteiger partial charge >= 0.3 is 13.3 Å². The Hall–Kier alpha value is -0.755. The summed E-state index contributed by atoms with van der Waals surface area (Å²) in [6, 6.07) is 0.178. The van der Waals surface area contributed by atoms with Gasteiger partial charge < -0.3 is 26.2 Å². The zero-order chi connectivity index (χ0) is 16.7. The van der Waals surface area contributed by atoms with Crippen molar-refractivity contribution in [2.45, 2.75) is 57.9 Å². The Balaban J connectivity index is 0. The number of unbranched alkanes of at least 4 members (excludes halogenated alkanes) is 1. The highest BCUT2D eigenvalue weighted by Crippen LogP contribution is 2.06. The van der Waals surface area contributed by atoms with Crippen molar-refractivity contribution in [3.8, 4) is 0 Å². The normalized spacial score (nSPS) is 13.1. The van der Waals surface area contributed by atoms with Crippen LogP contribution < -0.4 is 11.1 Å². The molecule has 0 amide bonds. The lowest BCUT2D eigenvalue weighted by atomic mass is 9.83. The van der Waals surface area contributed by atoms with E-state index in [0.29, 0.717) is 18.8 Å². The Kier molecular flexibility index (Phi) is 16.8. The van der Waals surface area contributed by atoms with E-state index < -0.39 is 7.12 Å². The van der Waals surface area contributed by atoms with Crippen molar-refractivity contribution in [1.82, 2.24) is 5.32 Å². The molecule has 2 unspecified atom stereocenters. The maximum atomic E-state index is 9.20. The lowest BCUT2D eigenvalue weighted by Gasteiger charge is -2.21. The van der Waals surface area contributed by atoms with E-state index in [2.05, 4.69) is 19.2 Å². The molecule has 21 heavy (non-hydrogen) atoms. The van der Waals surface area contributed by atoms with Crippen LogP contribution in [0.5, 0.6) is 0 Å². The van der Waals surface area contributed by atoms with Gasteiger partial charge in [-0.1, -0.05) is 26.7 Å². The minimum Gasteiger partial charge on any atom is -0.427 e. The van der Waals surface area contributed by atoms with Crippen LogP contribution >= 0.6 is 0 Å². The zero-order valence-corrected chi connectivity index (χ0v) is 13.0. The van der Waals surface area contributed by atoms with Gasteiger partial charge in [-0.15, -0.1) is 0 Å². The maximum absolute atomic E-state index is 9.20. The third-order valence-electron chi connectivity index (χ3n) is 2.93. The zero-order valence-electron chi connectivity index (χ0n) is 13.0. The van der Waals surface area contributed by atoms with Gasteiger partial charge in [0.05, 0.1) is 6.61 Å². The predicted molar refractivity (Wildman–Crippen MR) is 80.2 cm³/mol. The molecule has 0 aliphatic carbocycles. The second kappa shape index (κ2) is 15.6. The molecule has 8 heteroatoms. The monoisotopic (exact) mass is 304 g/mol. The Morgan fingerprint density at radius 3 is 2.24 bits per heavy atom. The van der Waals surface area contributed by atoms with Crippen LogP contribution in [0.15, 0.2) is 0 Å². The van der Waals surface area contributed by atoms with Gasteiger partial charge in [0.1, 0.15) is 0 Å². The van der Waals surface area contributed by atoms with E-state index in [1.807, 2.05) is 0 Å². The van der Waals surface area contributed by atoms with Crippen molar-refractivity contribution in [3.63, 3.8) is 0 Å². The van der Waals surface area contributed by atoms with Crippen molar-refractivity contribution in [2.24, 2.45) is 11.7 Å². The first-order valence-electron chi connectivity index (χ1n) is 7.32. The van der Waals surface area contributed by atoms with Gasteiger partial charge in [-0.25, -0.2) is 0 Å². The molecule has 0 aromatic rings. The Morgan fingerprint density at radius 2 is 1.81 bits per heavy atom. The van der Waals surface area contributed by atoms with E-state index >= 15 is 0 Å². The van der Waals surface area contributed by atoms with Gasteiger partial charge in [0.2, 0.25) is 0 Å². The maximum Gasteiger partial charge on any atom is 0.451 e. The molecule has 124 valence electrons. The highest BCUT2D eigenvalue weighted by atomic mass is 16.4. The summed E-state index contributed by atoms with van der Waals surface area (Å²) in [7, 11) is -1.20. The summed E-state index contributed by atoms with van der Waals surface area (Å²) in [5.41, 5.74) is 5.96. The molecule has 0 saturated heterocycles. The third-order valence-corrected chi connectivity index (χ3v) is 2.93. The molecule has 7 nitrogen and oxygen atoms in total. The predicted octanol–water partition coefficient (Wildman–Crippen LogP) is -0.630. The van der Waals surface area contributed by atoms with E-state index in [1.54, 1.807) is 0 Å². The summed E-state index contributed by atoms with van der Waals surface area (Å²) in [4.78, 5) is 16.2. The molecule has 2 atom stereocenters. The smallest absolute Gasteiger partial charge is 0.427 e. The highest BCUT2D eigenvalue weighted by molar-refractivity contribution is 6.40. The van der Waals surface area contributed by atoms with Crippen LogP contribution in [0.2, 0.25) is 6.32 Å². The fourth-order valence-electron chi connectivity index (χ4n) is 1.94. The van der Waals surface area contributed by atoms with Gasteiger partial charge in [0.15, 0.2) is 0 Å². The molecule has 0 heterocycles. The van der Waals surface area contributed by atoms with Crippen LogP contribution in [-0.4, -0.2) is 53.7 Å². The molecule has 0 rings (SSSR count). The highest BCUT2D eigenvalue weighted by Gasteiger charge is 2.11. The van der Waals surface area contributed by atoms with Gasteiger partial charge in [-0.3, -0.25) is 0 Å². The molecule has 0 fully saturated rings. The first-order chi connectivity index (χ1) is 9.87. The first kappa shape index (κ1) is 22.5. The van der Waals surface area contributed by atoms with Crippen LogP contribution in [0.1, 0.15) is 39.5 Å². The first-order valence-corrected chi connectivity index (χ1v) is 7.32. The Morgan fingerprint density at radius 1 is 1.24 bits per heavy atom. The molecule has 0 radical (unpaired) electrons. The van der Waals surface area contributed by atoms with E-state index in [9.17, 15) is 5.11 Å². The van der Waals surface area contributed by atoms with E-state index in [-0.39, 0.29) is 24.8 Å². The Bertz CT molecular complexity index is 261. The summed E-state index contributed by atoms with van der Waals surface area (Å²) in [6.07, 6.45) is 4.14. The average molecular weight is 304 g/mol. The lowest BCUT2D eigenvalue weighted by molar-refractivity contribution is -0.191. The molecule has 0 aromatic carbocycles. The minimum absolute atomic E-state index is 0.0575.